The molecule has 0 bridgehead atoms. The molecule has 0 aliphatic heterocycles. The number of aromatic nitrogens is 1. The molecule has 0 aliphatic rings. The van der Waals surface area contributed by atoms with Crippen LogP contribution in [0.25, 0.3) is 21.8 Å². The number of benzene rings is 2. The van der Waals surface area contributed by atoms with Crippen LogP contribution in [0.4, 0.5) is 0 Å². The number of nitrogens with zero attached hydrogens (tertiary/aromatic N) is 1. The molecule has 3 nitrogen and oxygen atoms in total. The monoisotopic (exact) mass is 282 g/mol. The van der Waals surface area contributed by atoms with Crippen LogP contribution in [-0.4, -0.2) is 24.8 Å². The van der Waals surface area contributed by atoms with Crippen LogP contribution in [0.3, 0.4) is 0 Å². The second kappa shape index (κ2) is 6.29. The lowest BCUT2D eigenvalue weighted by Crippen LogP contribution is -2.18. The first-order valence-corrected chi connectivity index (χ1v) is 7.54. The Bertz CT molecular complexity index is 745. The SMILES string of the molecule is CCn1c2ccccc2c2cc(CNCCOC)ccc21. The van der Waals surface area contributed by atoms with Gasteiger partial charge in [-0.15, -0.1) is 0 Å². The summed E-state index contributed by atoms with van der Waals surface area (Å²) in [7, 11) is 1.73. The van der Waals surface area contributed by atoms with Gasteiger partial charge in [0.15, 0.2) is 0 Å². The average molecular weight is 282 g/mol. The molecule has 0 saturated carbocycles. The maximum atomic E-state index is 5.06. The first kappa shape index (κ1) is 14.1. The summed E-state index contributed by atoms with van der Waals surface area (Å²) in [6, 6.07) is 15.4. The molecule has 2 aromatic carbocycles. The molecule has 0 unspecified atom stereocenters. The van der Waals surface area contributed by atoms with E-state index in [0.717, 1.165) is 26.2 Å². The largest absolute Gasteiger partial charge is 0.383 e. The Labute approximate surface area is 125 Å². The summed E-state index contributed by atoms with van der Waals surface area (Å²) < 4.78 is 7.44. The quantitative estimate of drug-likeness (QED) is 0.700. The first-order valence-electron chi connectivity index (χ1n) is 7.54. The Morgan fingerprint density at radius 3 is 2.67 bits per heavy atom. The number of hydrogen-bond donors (Lipinski definition) is 1. The van der Waals surface area contributed by atoms with Crippen molar-refractivity contribution in [2.75, 3.05) is 20.3 Å². The lowest BCUT2D eigenvalue weighted by molar-refractivity contribution is 0.199. The summed E-state index contributed by atoms with van der Waals surface area (Å²) in [6.07, 6.45) is 0. The van der Waals surface area contributed by atoms with Gasteiger partial charge in [0.25, 0.3) is 0 Å². The zero-order valence-electron chi connectivity index (χ0n) is 12.7. The minimum Gasteiger partial charge on any atom is -0.383 e. The van der Waals surface area contributed by atoms with E-state index in [1.165, 1.54) is 27.4 Å². The van der Waals surface area contributed by atoms with E-state index in [1.54, 1.807) is 7.11 Å². The third-order valence-corrected chi connectivity index (χ3v) is 3.97. The molecule has 0 atom stereocenters. The zero-order chi connectivity index (χ0) is 14.7. The number of ether oxygens (including phenoxy) is 1. The fourth-order valence-corrected chi connectivity index (χ4v) is 2.96. The average Bonchev–Trinajstić information content (AvgIpc) is 2.85. The molecule has 0 aliphatic carbocycles. The predicted molar refractivity (Wildman–Crippen MR) is 88.7 cm³/mol. The van der Waals surface area contributed by atoms with Crippen molar-refractivity contribution in [3.8, 4) is 0 Å². The zero-order valence-corrected chi connectivity index (χ0v) is 12.7. The van der Waals surface area contributed by atoms with Crippen LogP contribution in [-0.2, 0) is 17.8 Å². The highest BCUT2D eigenvalue weighted by Crippen LogP contribution is 2.29. The van der Waals surface area contributed by atoms with Crippen LogP contribution in [0.1, 0.15) is 12.5 Å². The summed E-state index contributed by atoms with van der Waals surface area (Å²) in [6.45, 7) is 5.70. The highest BCUT2D eigenvalue weighted by molar-refractivity contribution is 6.08. The first-order chi connectivity index (χ1) is 10.3. The van der Waals surface area contributed by atoms with E-state index in [2.05, 4.69) is 59.3 Å². The molecule has 3 aromatic rings. The molecule has 0 fully saturated rings. The standard InChI is InChI=1S/C18H22N2O/c1-3-20-17-7-5-4-6-15(17)16-12-14(8-9-18(16)20)13-19-10-11-21-2/h4-9,12,19H,3,10-11,13H2,1-2H3. The third kappa shape index (κ3) is 2.67. The fraction of sp³-hybridized carbons (Fsp3) is 0.333. The summed E-state index contributed by atoms with van der Waals surface area (Å²) in [5.41, 5.74) is 3.96. The second-order valence-corrected chi connectivity index (χ2v) is 5.28. The summed E-state index contributed by atoms with van der Waals surface area (Å²) in [5.74, 6) is 0. The van der Waals surface area contributed by atoms with Crippen LogP contribution in [0, 0.1) is 0 Å². The van der Waals surface area contributed by atoms with E-state index in [4.69, 9.17) is 4.74 Å². The van der Waals surface area contributed by atoms with Gasteiger partial charge >= 0.3 is 0 Å². The predicted octanol–water partition coefficient (Wildman–Crippen LogP) is 3.55. The molecular formula is C18H22N2O. The summed E-state index contributed by atoms with van der Waals surface area (Å²) in [5, 5.41) is 6.09. The van der Waals surface area contributed by atoms with Crippen LogP contribution in [0.2, 0.25) is 0 Å². The minimum atomic E-state index is 0.747. The molecule has 0 amide bonds. The van der Waals surface area contributed by atoms with E-state index in [-0.39, 0.29) is 0 Å². The molecule has 0 radical (unpaired) electrons. The number of methoxy groups -OCH3 is 1. The van der Waals surface area contributed by atoms with Crippen molar-refractivity contribution in [1.82, 2.24) is 9.88 Å². The molecular weight excluding hydrogens is 260 g/mol. The number of rotatable bonds is 6. The number of para-hydroxylation sites is 1. The van der Waals surface area contributed by atoms with Gasteiger partial charge < -0.3 is 14.6 Å². The van der Waals surface area contributed by atoms with E-state index in [1.807, 2.05) is 0 Å². The molecule has 1 heterocycles. The number of fused-ring (bicyclic) bond motifs is 3. The van der Waals surface area contributed by atoms with E-state index in [9.17, 15) is 0 Å². The van der Waals surface area contributed by atoms with Crippen molar-refractivity contribution in [2.45, 2.75) is 20.0 Å². The highest BCUT2D eigenvalue weighted by Gasteiger charge is 2.09. The number of hydrogen-bond acceptors (Lipinski definition) is 2. The van der Waals surface area contributed by atoms with Gasteiger partial charge in [-0.25, -0.2) is 0 Å². The maximum Gasteiger partial charge on any atom is 0.0587 e. The van der Waals surface area contributed by atoms with Gasteiger partial charge in [-0.3, -0.25) is 0 Å². The van der Waals surface area contributed by atoms with Crippen molar-refractivity contribution >= 4 is 21.8 Å². The molecule has 110 valence electrons. The van der Waals surface area contributed by atoms with Crippen molar-refractivity contribution in [1.29, 1.82) is 0 Å². The highest BCUT2D eigenvalue weighted by atomic mass is 16.5. The molecule has 3 heteroatoms. The Hall–Kier alpha value is -1.84. The molecule has 1 N–H and O–H groups in total. The van der Waals surface area contributed by atoms with Crippen LogP contribution >= 0.6 is 0 Å². The molecule has 21 heavy (non-hydrogen) atoms. The van der Waals surface area contributed by atoms with E-state index >= 15 is 0 Å². The maximum absolute atomic E-state index is 5.06. The lowest BCUT2D eigenvalue weighted by Gasteiger charge is -2.06. The third-order valence-electron chi connectivity index (χ3n) is 3.97. The second-order valence-electron chi connectivity index (χ2n) is 5.28. The Morgan fingerprint density at radius 1 is 1.05 bits per heavy atom. The van der Waals surface area contributed by atoms with Crippen molar-refractivity contribution in [2.24, 2.45) is 0 Å². The van der Waals surface area contributed by atoms with Gasteiger partial charge in [0.1, 0.15) is 0 Å². The van der Waals surface area contributed by atoms with E-state index < -0.39 is 0 Å². The minimum absolute atomic E-state index is 0.747. The molecule has 3 rings (SSSR count). The van der Waals surface area contributed by atoms with Crippen LogP contribution in [0.5, 0.6) is 0 Å². The van der Waals surface area contributed by atoms with Gasteiger partial charge in [-0.05, 0) is 30.7 Å². The van der Waals surface area contributed by atoms with Gasteiger partial charge in [-0.1, -0.05) is 24.3 Å². The lowest BCUT2D eigenvalue weighted by atomic mass is 10.1. The Balaban J connectivity index is 1.99. The fourth-order valence-electron chi connectivity index (χ4n) is 2.96. The van der Waals surface area contributed by atoms with Crippen molar-refractivity contribution in [3.05, 3.63) is 48.0 Å². The topological polar surface area (TPSA) is 26.2 Å². The molecule has 1 aromatic heterocycles. The molecule has 0 spiro atoms. The normalized spacial score (nSPS) is 11.5. The number of aryl methyl sites for hydroxylation is 1. The summed E-state index contributed by atoms with van der Waals surface area (Å²) >= 11 is 0. The van der Waals surface area contributed by atoms with Crippen LogP contribution < -0.4 is 5.32 Å². The smallest absolute Gasteiger partial charge is 0.0587 e. The van der Waals surface area contributed by atoms with Gasteiger partial charge in [0.05, 0.1) is 6.61 Å². The number of nitrogens with one attached hydrogen (secondary N) is 1. The van der Waals surface area contributed by atoms with Gasteiger partial charge in [0, 0.05) is 48.5 Å². The molecule has 0 saturated heterocycles. The Morgan fingerprint density at radius 2 is 1.86 bits per heavy atom. The van der Waals surface area contributed by atoms with Gasteiger partial charge in [-0.2, -0.15) is 0 Å². The van der Waals surface area contributed by atoms with Crippen molar-refractivity contribution < 1.29 is 4.74 Å². The van der Waals surface area contributed by atoms with E-state index in [0.29, 0.717) is 0 Å². The van der Waals surface area contributed by atoms with Crippen LogP contribution in [0.15, 0.2) is 42.5 Å². The van der Waals surface area contributed by atoms with Gasteiger partial charge in [0.2, 0.25) is 0 Å². The van der Waals surface area contributed by atoms with Crippen molar-refractivity contribution in [3.63, 3.8) is 0 Å². The summed E-state index contributed by atoms with van der Waals surface area (Å²) in [4.78, 5) is 0. The Kier molecular flexibility index (Phi) is 4.23.